The normalized spacial score (nSPS) is 22.1. The van der Waals surface area contributed by atoms with Crippen molar-refractivity contribution in [1.82, 2.24) is 24.4 Å². The maximum Gasteiger partial charge on any atom is 0.272 e. The molecule has 0 aromatic carbocycles. The number of nitrogens with zero attached hydrogens (tertiary/aromatic N) is 6. The van der Waals surface area contributed by atoms with Gasteiger partial charge in [-0.3, -0.25) is 4.79 Å². The Labute approximate surface area is 151 Å². The number of rotatable bonds is 3. The van der Waals surface area contributed by atoms with Crippen LogP contribution in [-0.2, 0) is 7.05 Å². The molecule has 132 valence electrons. The van der Waals surface area contributed by atoms with Gasteiger partial charge in [0, 0.05) is 31.4 Å². The number of aryl methyl sites for hydroxylation is 2. The highest BCUT2D eigenvalue weighted by atomic mass is 32.2. The summed E-state index contributed by atoms with van der Waals surface area (Å²) >= 11 is 1.56. The zero-order valence-electron chi connectivity index (χ0n) is 14.9. The van der Waals surface area contributed by atoms with Gasteiger partial charge >= 0.3 is 0 Å². The lowest BCUT2D eigenvalue weighted by atomic mass is 9.86. The van der Waals surface area contributed by atoms with Crippen molar-refractivity contribution in [1.29, 1.82) is 0 Å². The van der Waals surface area contributed by atoms with Gasteiger partial charge in [0.05, 0.1) is 24.6 Å². The molecule has 3 aliphatic rings. The first kappa shape index (κ1) is 16.4. The van der Waals surface area contributed by atoms with Crippen LogP contribution in [0, 0.1) is 13.8 Å². The summed E-state index contributed by atoms with van der Waals surface area (Å²) in [5.74, 6) is 1.10. The van der Waals surface area contributed by atoms with Gasteiger partial charge in [0.2, 0.25) is 0 Å². The van der Waals surface area contributed by atoms with Crippen LogP contribution in [0.25, 0.3) is 0 Å². The Kier molecular flexibility index (Phi) is 3.94. The second-order valence-corrected chi connectivity index (χ2v) is 7.57. The minimum Gasteiger partial charge on any atom is -0.352 e. The molecular weight excluding hydrogens is 336 g/mol. The number of carbonyl (C=O) groups is 1. The van der Waals surface area contributed by atoms with Gasteiger partial charge in [-0.2, -0.15) is 0 Å². The van der Waals surface area contributed by atoms with E-state index in [2.05, 4.69) is 21.8 Å². The largest absolute Gasteiger partial charge is 0.352 e. The zero-order chi connectivity index (χ0) is 17.7. The number of fused-ring (bicyclic) bond motifs is 2. The Morgan fingerprint density at radius 1 is 1.24 bits per heavy atom. The fourth-order valence-electron chi connectivity index (χ4n) is 3.80. The van der Waals surface area contributed by atoms with Crippen molar-refractivity contribution in [2.45, 2.75) is 37.5 Å². The first-order valence-corrected chi connectivity index (χ1v) is 9.65. The molecule has 0 aliphatic carbocycles. The molecule has 0 N–H and O–H groups in total. The summed E-state index contributed by atoms with van der Waals surface area (Å²) < 4.78 is 1.79. The summed E-state index contributed by atoms with van der Waals surface area (Å²) in [4.78, 5) is 30.4. The van der Waals surface area contributed by atoms with E-state index in [0.29, 0.717) is 5.69 Å². The van der Waals surface area contributed by atoms with Gasteiger partial charge in [0.1, 0.15) is 11.5 Å². The molecule has 5 rings (SSSR count). The summed E-state index contributed by atoms with van der Waals surface area (Å²) in [6.45, 7) is 5.76. The molecule has 5 heterocycles. The SMILES string of the molecule is CSc1nc(C)c(C)c(N2CC3CC(C2)N3C(=O)c2cncn2C)n1. The van der Waals surface area contributed by atoms with E-state index in [0.717, 1.165) is 41.7 Å². The predicted octanol–water partition coefficient (Wildman–Crippen LogP) is 1.65. The molecule has 2 aromatic heterocycles. The Morgan fingerprint density at radius 2 is 1.96 bits per heavy atom. The van der Waals surface area contributed by atoms with Crippen LogP contribution in [-0.4, -0.2) is 61.8 Å². The van der Waals surface area contributed by atoms with E-state index in [9.17, 15) is 4.79 Å². The molecule has 1 amide bonds. The van der Waals surface area contributed by atoms with Gasteiger partial charge in [0.15, 0.2) is 5.16 Å². The molecule has 2 aromatic rings. The first-order chi connectivity index (χ1) is 12.0. The highest BCUT2D eigenvalue weighted by Crippen LogP contribution is 2.36. The van der Waals surface area contributed by atoms with Gasteiger partial charge in [-0.25, -0.2) is 15.0 Å². The van der Waals surface area contributed by atoms with Crippen LogP contribution in [0.1, 0.15) is 28.2 Å². The third-order valence-corrected chi connectivity index (χ3v) is 5.84. The number of aromatic nitrogens is 4. The van der Waals surface area contributed by atoms with Gasteiger partial charge in [-0.1, -0.05) is 11.8 Å². The summed E-state index contributed by atoms with van der Waals surface area (Å²) in [6, 6.07) is 0.488. The molecule has 8 heteroatoms. The fraction of sp³-hybridized carbons (Fsp3) is 0.529. The fourth-order valence-corrected chi connectivity index (χ4v) is 4.20. The van der Waals surface area contributed by atoms with Gasteiger partial charge < -0.3 is 14.4 Å². The average Bonchev–Trinajstić information content (AvgIpc) is 3.03. The molecule has 2 atom stereocenters. The van der Waals surface area contributed by atoms with Crippen LogP contribution in [0.5, 0.6) is 0 Å². The number of piperidine rings is 1. The number of hydrogen-bond acceptors (Lipinski definition) is 6. The molecular formula is C17H22N6OS. The van der Waals surface area contributed by atoms with Gasteiger partial charge in [-0.05, 0) is 26.5 Å². The second-order valence-electron chi connectivity index (χ2n) is 6.79. The molecule has 0 saturated carbocycles. The Morgan fingerprint density at radius 3 is 2.56 bits per heavy atom. The van der Waals surface area contributed by atoms with Crippen molar-refractivity contribution < 1.29 is 4.79 Å². The molecule has 3 aliphatic heterocycles. The third kappa shape index (κ3) is 2.59. The van der Waals surface area contributed by atoms with E-state index in [-0.39, 0.29) is 18.0 Å². The number of amides is 1. The molecule has 2 unspecified atom stereocenters. The molecule has 0 radical (unpaired) electrons. The maximum atomic E-state index is 12.8. The van der Waals surface area contributed by atoms with E-state index < -0.39 is 0 Å². The van der Waals surface area contributed by atoms with Crippen molar-refractivity contribution in [3.63, 3.8) is 0 Å². The Hall–Kier alpha value is -2.09. The van der Waals surface area contributed by atoms with Gasteiger partial charge in [-0.15, -0.1) is 0 Å². The lowest BCUT2D eigenvalue weighted by molar-refractivity contribution is 0.00488. The number of hydrogen-bond donors (Lipinski definition) is 0. The van der Waals surface area contributed by atoms with Crippen LogP contribution in [0.4, 0.5) is 5.82 Å². The third-order valence-electron chi connectivity index (χ3n) is 5.29. The number of carbonyl (C=O) groups excluding carboxylic acids is 1. The number of thioether (sulfide) groups is 1. The minimum atomic E-state index is 0.0845. The quantitative estimate of drug-likeness (QED) is 0.614. The van der Waals surface area contributed by atoms with Crippen LogP contribution in [0.3, 0.4) is 0 Å². The monoisotopic (exact) mass is 358 g/mol. The topological polar surface area (TPSA) is 67.2 Å². The maximum absolute atomic E-state index is 12.8. The minimum absolute atomic E-state index is 0.0845. The standard InChI is InChI=1S/C17H22N6OS/c1-10-11(2)19-17(25-4)20-15(10)22-7-12-5-13(8-22)23(12)16(24)14-6-18-9-21(14)3/h6,9,12-13H,5,7-8H2,1-4H3. The summed E-state index contributed by atoms with van der Waals surface area (Å²) in [7, 11) is 1.86. The molecule has 0 spiro atoms. The van der Waals surface area contributed by atoms with E-state index in [1.54, 1.807) is 28.9 Å². The van der Waals surface area contributed by atoms with Crippen molar-refractivity contribution >= 4 is 23.5 Å². The molecule has 3 fully saturated rings. The average molecular weight is 358 g/mol. The Balaban J connectivity index is 1.55. The van der Waals surface area contributed by atoms with Crippen molar-refractivity contribution in [3.05, 3.63) is 29.5 Å². The smallest absolute Gasteiger partial charge is 0.272 e. The van der Waals surface area contributed by atoms with Crippen molar-refractivity contribution in [2.75, 3.05) is 24.2 Å². The number of imidazole rings is 1. The number of anilines is 1. The highest BCUT2D eigenvalue weighted by molar-refractivity contribution is 7.98. The number of piperazine rings is 1. The lowest BCUT2D eigenvalue weighted by Crippen LogP contribution is -2.70. The second kappa shape index (κ2) is 6.01. The van der Waals surface area contributed by atoms with Crippen LogP contribution in [0.2, 0.25) is 0 Å². The summed E-state index contributed by atoms with van der Waals surface area (Å²) in [5.41, 5.74) is 2.81. The van der Waals surface area contributed by atoms with Crippen molar-refractivity contribution in [3.8, 4) is 0 Å². The Bertz CT molecular complexity index is 823. The molecule has 3 saturated heterocycles. The van der Waals surface area contributed by atoms with E-state index >= 15 is 0 Å². The molecule has 7 nitrogen and oxygen atoms in total. The molecule has 25 heavy (non-hydrogen) atoms. The first-order valence-electron chi connectivity index (χ1n) is 8.42. The van der Waals surface area contributed by atoms with Crippen LogP contribution < -0.4 is 4.90 Å². The summed E-state index contributed by atoms with van der Waals surface area (Å²) in [6.07, 6.45) is 6.39. The van der Waals surface area contributed by atoms with E-state index in [4.69, 9.17) is 4.98 Å². The molecule has 2 bridgehead atoms. The van der Waals surface area contributed by atoms with E-state index in [1.807, 2.05) is 25.1 Å². The van der Waals surface area contributed by atoms with Gasteiger partial charge in [0.25, 0.3) is 5.91 Å². The zero-order valence-corrected chi connectivity index (χ0v) is 15.7. The van der Waals surface area contributed by atoms with Crippen LogP contribution in [0.15, 0.2) is 17.7 Å². The summed E-state index contributed by atoms with van der Waals surface area (Å²) in [5, 5.41) is 0.806. The van der Waals surface area contributed by atoms with Crippen LogP contribution >= 0.6 is 11.8 Å². The highest BCUT2D eigenvalue weighted by Gasteiger charge is 2.48. The predicted molar refractivity (Wildman–Crippen MR) is 97.1 cm³/mol. The lowest BCUT2D eigenvalue weighted by Gasteiger charge is -2.56. The van der Waals surface area contributed by atoms with E-state index in [1.165, 1.54) is 0 Å². The van der Waals surface area contributed by atoms with Crippen molar-refractivity contribution in [2.24, 2.45) is 7.05 Å².